The standard InChI is InChI=1S/C8H18N2.C2H6/c1-10(2)7-8-4-3-5-9-6-8;1-2/h8-9H,3-7H2,1-2H3;1-2H3/t8-;/m1./s1. The summed E-state index contributed by atoms with van der Waals surface area (Å²) in [7, 11) is 4.29. The first-order chi connectivity index (χ1) is 5.79. The van der Waals surface area contributed by atoms with Crippen molar-refractivity contribution in [2.24, 2.45) is 5.92 Å². The Morgan fingerprint density at radius 2 is 2.00 bits per heavy atom. The Bertz CT molecular complexity index is 85.8. The number of rotatable bonds is 2. The first kappa shape index (κ1) is 11.9. The highest BCUT2D eigenvalue weighted by Crippen LogP contribution is 2.09. The summed E-state index contributed by atoms with van der Waals surface area (Å²) in [6, 6.07) is 0. The maximum atomic E-state index is 3.41. The minimum Gasteiger partial charge on any atom is -0.316 e. The third kappa shape index (κ3) is 5.56. The predicted octanol–water partition coefficient (Wildman–Crippen LogP) is 1.57. The fraction of sp³-hybridized carbons (Fsp3) is 1.00. The monoisotopic (exact) mass is 172 g/mol. The van der Waals surface area contributed by atoms with Gasteiger partial charge in [-0.15, -0.1) is 0 Å². The Kier molecular flexibility index (Phi) is 7.51. The number of nitrogens with one attached hydrogen (secondary N) is 1. The van der Waals surface area contributed by atoms with Crippen molar-refractivity contribution >= 4 is 0 Å². The molecule has 0 saturated carbocycles. The summed E-state index contributed by atoms with van der Waals surface area (Å²) in [6.45, 7) is 7.69. The van der Waals surface area contributed by atoms with Crippen LogP contribution in [0.4, 0.5) is 0 Å². The fourth-order valence-electron chi connectivity index (χ4n) is 1.60. The van der Waals surface area contributed by atoms with Crippen LogP contribution >= 0.6 is 0 Å². The average Bonchev–Trinajstić information content (AvgIpc) is 2.08. The summed E-state index contributed by atoms with van der Waals surface area (Å²) in [4.78, 5) is 2.28. The molecule has 1 saturated heterocycles. The van der Waals surface area contributed by atoms with Crippen LogP contribution < -0.4 is 5.32 Å². The molecule has 0 aromatic rings. The van der Waals surface area contributed by atoms with Crippen molar-refractivity contribution in [3.8, 4) is 0 Å². The highest BCUT2D eigenvalue weighted by Gasteiger charge is 2.12. The van der Waals surface area contributed by atoms with Crippen molar-refractivity contribution < 1.29 is 0 Å². The van der Waals surface area contributed by atoms with Gasteiger partial charge in [-0.2, -0.15) is 0 Å². The first-order valence-electron chi connectivity index (χ1n) is 5.14. The summed E-state index contributed by atoms with van der Waals surface area (Å²) >= 11 is 0. The second-order valence-electron chi connectivity index (χ2n) is 3.47. The van der Waals surface area contributed by atoms with Gasteiger partial charge in [0.15, 0.2) is 0 Å². The molecule has 2 nitrogen and oxygen atoms in total. The summed E-state index contributed by atoms with van der Waals surface area (Å²) in [5, 5.41) is 3.41. The van der Waals surface area contributed by atoms with E-state index >= 15 is 0 Å². The van der Waals surface area contributed by atoms with Crippen LogP contribution in [-0.4, -0.2) is 38.6 Å². The highest BCUT2D eigenvalue weighted by atomic mass is 15.1. The molecule has 2 heteroatoms. The van der Waals surface area contributed by atoms with E-state index in [1.165, 1.54) is 32.5 Å². The normalized spacial score (nSPS) is 23.2. The van der Waals surface area contributed by atoms with Crippen molar-refractivity contribution in [3.63, 3.8) is 0 Å². The highest BCUT2D eigenvalue weighted by molar-refractivity contribution is 4.70. The van der Waals surface area contributed by atoms with Gasteiger partial charge in [0.05, 0.1) is 0 Å². The van der Waals surface area contributed by atoms with E-state index in [9.17, 15) is 0 Å². The Morgan fingerprint density at radius 1 is 1.33 bits per heavy atom. The molecule has 74 valence electrons. The molecule has 0 aromatic carbocycles. The Balaban J connectivity index is 0.000000561. The lowest BCUT2D eigenvalue weighted by Gasteiger charge is -2.25. The summed E-state index contributed by atoms with van der Waals surface area (Å²) in [6.07, 6.45) is 2.77. The number of hydrogen-bond donors (Lipinski definition) is 1. The van der Waals surface area contributed by atoms with E-state index in [0.29, 0.717) is 0 Å². The van der Waals surface area contributed by atoms with Crippen LogP contribution in [0.3, 0.4) is 0 Å². The SMILES string of the molecule is CC.CN(C)C[C@@H]1CCCNC1. The van der Waals surface area contributed by atoms with Gasteiger partial charge >= 0.3 is 0 Å². The van der Waals surface area contributed by atoms with Gasteiger partial charge in [0.25, 0.3) is 0 Å². The molecule has 0 amide bonds. The van der Waals surface area contributed by atoms with Crippen LogP contribution in [0.5, 0.6) is 0 Å². The van der Waals surface area contributed by atoms with Gasteiger partial charge in [0.2, 0.25) is 0 Å². The van der Waals surface area contributed by atoms with Gasteiger partial charge in [0.1, 0.15) is 0 Å². The van der Waals surface area contributed by atoms with Gasteiger partial charge in [-0.1, -0.05) is 13.8 Å². The molecule has 1 N–H and O–H groups in total. The molecule has 12 heavy (non-hydrogen) atoms. The maximum absolute atomic E-state index is 3.41. The molecule has 0 aliphatic carbocycles. The fourth-order valence-corrected chi connectivity index (χ4v) is 1.60. The molecule has 1 aliphatic rings. The lowest BCUT2D eigenvalue weighted by molar-refractivity contribution is 0.276. The smallest absolute Gasteiger partial charge is 0.00157 e. The first-order valence-corrected chi connectivity index (χ1v) is 5.14. The van der Waals surface area contributed by atoms with Crippen molar-refractivity contribution in [3.05, 3.63) is 0 Å². The minimum atomic E-state index is 0.892. The molecule has 1 atom stereocenters. The molecule has 0 aromatic heterocycles. The van der Waals surface area contributed by atoms with Crippen LogP contribution in [0.25, 0.3) is 0 Å². The molecule has 0 bridgehead atoms. The van der Waals surface area contributed by atoms with Gasteiger partial charge in [0, 0.05) is 6.54 Å². The van der Waals surface area contributed by atoms with Crippen molar-refractivity contribution in [1.82, 2.24) is 10.2 Å². The van der Waals surface area contributed by atoms with E-state index in [2.05, 4.69) is 24.3 Å². The van der Waals surface area contributed by atoms with Gasteiger partial charge < -0.3 is 10.2 Å². The van der Waals surface area contributed by atoms with Crippen molar-refractivity contribution in [1.29, 1.82) is 0 Å². The second kappa shape index (κ2) is 7.56. The minimum absolute atomic E-state index is 0.892. The lowest BCUT2D eigenvalue weighted by atomic mass is 9.99. The van der Waals surface area contributed by atoms with Crippen LogP contribution in [-0.2, 0) is 0 Å². The zero-order chi connectivity index (χ0) is 9.40. The third-order valence-corrected chi connectivity index (χ3v) is 2.02. The van der Waals surface area contributed by atoms with Crippen LogP contribution in [0, 0.1) is 5.92 Å². The molecule has 1 fully saturated rings. The number of nitrogens with zero attached hydrogens (tertiary/aromatic N) is 1. The van der Waals surface area contributed by atoms with E-state index in [0.717, 1.165) is 5.92 Å². The van der Waals surface area contributed by atoms with Gasteiger partial charge in [-0.3, -0.25) is 0 Å². The zero-order valence-corrected chi connectivity index (χ0v) is 9.06. The average molecular weight is 172 g/mol. The largest absolute Gasteiger partial charge is 0.316 e. The van der Waals surface area contributed by atoms with Crippen LogP contribution in [0.2, 0.25) is 0 Å². The third-order valence-electron chi connectivity index (χ3n) is 2.02. The van der Waals surface area contributed by atoms with E-state index in [4.69, 9.17) is 0 Å². The molecule has 1 aliphatic heterocycles. The molecule has 0 unspecified atom stereocenters. The molecule has 1 rings (SSSR count). The van der Waals surface area contributed by atoms with Gasteiger partial charge in [-0.25, -0.2) is 0 Å². The predicted molar refractivity (Wildman–Crippen MR) is 55.5 cm³/mol. The van der Waals surface area contributed by atoms with Gasteiger partial charge in [-0.05, 0) is 45.9 Å². The van der Waals surface area contributed by atoms with E-state index in [1.54, 1.807) is 0 Å². The molecule has 0 spiro atoms. The Hall–Kier alpha value is -0.0800. The lowest BCUT2D eigenvalue weighted by Crippen LogP contribution is -2.35. The summed E-state index contributed by atoms with van der Waals surface area (Å²) in [5.41, 5.74) is 0. The zero-order valence-electron chi connectivity index (χ0n) is 9.06. The molecule has 1 heterocycles. The van der Waals surface area contributed by atoms with E-state index in [-0.39, 0.29) is 0 Å². The maximum Gasteiger partial charge on any atom is 0.00157 e. The molecular formula is C10H24N2. The number of hydrogen-bond acceptors (Lipinski definition) is 2. The molecular weight excluding hydrogens is 148 g/mol. The quantitative estimate of drug-likeness (QED) is 0.680. The van der Waals surface area contributed by atoms with Crippen molar-refractivity contribution in [2.45, 2.75) is 26.7 Å². The topological polar surface area (TPSA) is 15.3 Å². The summed E-state index contributed by atoms with van der Waals surface area (Å²) < 4.78 is 0. The van der Waals surface area contributed by atoms with E-state index in [1.807, 2.05) is 13.8 Å². The summed E-state index contributed by atoms with van der Waals surface area (Å²) in [5.74, 6) is 0.892. The Labute approximate surface area is 77.3 Å². The van der Waals surface area contributed by atoms with E-state index < -0.39 is 0 Å². The second-order valence-corrected chi connectivity index (χ2v) is 3.47. The van der Waals surface area contributed by atoms with Crippen LogP contribution in [0.15, 0.2) is 0 Å². The van der Waals surface area contributed by atoms with Crippen LogP contribution in [0.1, 0.15) is 26.7 Å². The number of piperidine rings is 1. The Morgan fingerprint density at radius 3 is 2.42 bits per heavy atom. The molecule has 0 radical (unpaired) electrons. The van der Waals surface area contributed by atoms with Crippen molar-refractivity contribution in [2.75, 3.05) is 33.7 Å².